The van der Waals surface area contributed by atoms with Gasteiger partial charge in [-0.1, -0.05) is 60.3 Å². The van der Waals surface area contributed by atoms with Gasteiger partial charge in [0.25, 0.3) is 0 Å². The van der Waals surface area contributed by atoms with Gasteiger partial charge in [0.2, 0.25) is 0 Å². The Hall–Kier alpha value is 0.310. The second-order valence-corrected chi connectivity index (χ2v) is 7.68. The maximum absolute atomic E-state index is 6.21. The third-order valence-electron chi connectivity index (χ3n) is 2.91. The molecule has 0 aromatic rings. The van der Waals surface area contributed by atoms with Crippen LogP contribution >= 0.6 is 11.8 Å². The minimum Gasteiger partial charge on any atom is -0.327 e. The average Bonchev–Trinajstić information content (AvgIpc) is 2.20. The van der Waals surface area contributed by atoms with Crippen LogP contribution in [0, 0.1) is 5.92 Å². The number of nitrogens with two attached hydrogens (primary N) is 1. The van der Waals surface area contributed by atoms with Crippen molar-refractivity contribution < 1.29 is 0 Å². The van der Waals surface area contributed by atoms with E-state index in [4.69, 9.17) is 5.73 Å². The summed E-state index contributed by atoms with van der Waals surface area (Å²) in [6, 6.07) is 0.381. The molecule has 0 rings (SSSR count). The van der Waals surface area contributed by atoms with Crippen molar-refractivity contribution in [3.8, 4) is 0 Å². The zero-order valence-electron chi connectivity index (χ0n) is 11.9. The number of hydrogen-bond acceptors (Lipinski definition) is 2. The average molecular weight is 245 g/mol. The summed E-state index contributed by atoms with van der Waals surface area (Å²) in [5.74, 6) is 1.95. The van der Waals surface area contributed by atoms with Crippen LogP contribution in [0.5, 0.6) is 0 Å². The molecule has 0 saturated carbocycles. The smallest absolute Gasteiger partial charge is 0.0133 e. The predicted octanol–water partition coefficient (Wildman–Crippen LogP) is 4.45. The molecule has 1 nitrogen and oxygen atoms in total. The van der Waals surface area contributed by atoms with Crippen molar-refractivity contribution in [1.82, 2.24) is 0 Å². The summed E-state index contributed by atoms with van der Waals surface area (Å²) in [5, 5.41) is 0. The predicted molar refractivity (Wildman–Crippen MR) is 78.1 cm³/mol. The highest BCUT2D eigenvalue weighted by Crippen LogP contribution is 2.26. The van der Waals surface area contributed by atoms with E-state index in [0.29, 0.717) is 10.8 Å². The number of thioether (sulfide) groups is 1. The molecule has 0 spiro atoms. The maximum atomic E-state index is 6.21. The molecular weight excluding hydrogens is 214 g/mol. The number of unbranched alkanes of at least 4 members (excludes halogenated alkanes) is 1. The van der Waals surface area contributed by atoms with E-state index in [9.17, 15) is 0 Å². The van der Waals surface area contributed by atoms with E-state index in [1.54, 1.807) is 0 Å². The third kappa shape index (κ3) is 9.53. The van der Waals surface area contributed by atoms with Gasteiger partial charge in [-0.25, -0.2) is 0 Å². The fraction of sp³-hybridized carbons (Fsp3) is 1.00. The first-order valence-corrected chi connectivity index (χ1v) is 7.77. The zero-order valence-corrected chi connectivity index (χ0v) is 12.7. The summed E-state index contributed by atoms with van der Waals surface area (Å²) >= 11 is 1.99. The molecule has 0 aromatic heterocycles. The lowest BCUT2D eigenvalue weighted by Crippen LogP contribution is -2.28. The summed E-state index contributed by atoms with van der Waals surface area (Å²) in [6.07, 6.45) is 6.52. The lowest BCUT2D eigenvalue weighted by molar-refractivity contribution is 0.396. The Morgan fingerprint density at radius 1 is 1.19 bits per heavy atom. The van der Waals surface area contributed by atoms with Crippen molar-refractivity contribution in [2.75, 3.05) is 5.75 Å². The summed E-state index contributed by atoms with van der Waals surface area (Å²) in [7, 11) is 0. The van der Waals surface area contributed by atoms with Crippen LogP contribution in [0.3, 0.4) is 0 Å². The van der Waals surface area contributed by atoms with E-state index in [1.165, 1.54) is 32.1 Å². The Morgan fingerprint density at radius 3 is 2.25 bits per heavy atom. The highest BCUT2D eigenvalue weighted by Gasteiger charge is 2.16. The highest BCUT2D eigenvalue weighted by molar-refractivity contribution is 8.00. The van der Waals surface area contributed by atoms with Gasteiger partial charge in [-0.15, -0.1) is 0 Å². The monoisotopic (exact) mass is 245 g/mol. The first-order chi connectivity index (χ1) is 7.39. The topological polar surface area (TPSA) is 26.0 Å². The van der Waals surface area contributed by atoms with Crippen LogP contribution in [-0.2, 0) is 0 Å². The molecule has 2 heteroatoms. The number of hydrogen-bond donors (Lipinski definition) is 1. The van der Waals surface area contributed by atoms with E-state index in [2.05, 4.69) is 34.6 Å². The first-order valence-electron chi connectivity index (χ1n) is 6.78. The molecule has 2 unspecified atom stereocenters. The van der Waals surface area contributed by atoms with Crippen LogP contribution in [0.1, 0.15) is 66.7 Å². The SMILES string of the molecule is CCCCC(CC)CC(N)CSC(C)(C)C. The third-order valence-corrected chi connectivity index (χ3v) is 4.37. The summed E-state index contributed by atoms with van der Waals surface area (Å²) in [5.41, 5.74) is 6.21. The van der Waals surface area contributed by atoms with Gasteiger partial charge >= 0.3 is 0 Å². The van der Waals surface area contributed by atoms with Crippen LogP contribution in [0.25, 0.3) is 0 Å². The molecule has 2 N–H and O–H groups in total. The molecule has 0 saturated heterocycles. The van der Waals surface area contributed by atoms with E-state index in [0.717, 1.165) is 11.7 Å². The summed E-state index contributed by atoms with van der Waals surface area (Å²) in [4.78, 5) is 0. The lowest BCUT2D eigenvalue weighted by atomic mass is 9.93. The fourth-order valence-corrected chi connectivity index (χ4v) is 2.68. The molecule has 16 heavy (non-hydrogen) atoms. The molecule has 98 valence electrons. The van der Waals surface area contributed by atoms with Crippen LogP contribution in [0.4, 0.5) is 0 Å². The molecule has 0 aromatic carbocycles. The van der Waals surface area contributed by atoms with E-state index in [1.807, 2.05) is 11.8 Å². The molecule has 0 radical (unpaired) electrons. The molecule has 2 atom stereocenters. The quantitative estimate of drug-likeness (QED) is 0.683. The normalized spacial score (nSPS) is 16.1. The molecule has 0 bridgehead atoms. The minimum atomic E-state index is 0.350. The van der Waals surface area contributed by atoms with Gasteiger partial charge in [0.15, 0.2) is 0 Å². The molecule has 0 heterocycles. The summed E-state index contributed by atoms with van der Waals surface area (Å²) in [6.45, 7) is 11.3. The second-order valence-electron chi connectivity index (χ2n) is 5.84. The Kier molecular flexibility index (Phi) is 8.57. The zero-order chi connectivity index (χ0) is 12.6. The van der Waals surface area contributed by atoms with Crippen molar-refractivity contribution >= 4 is 11.8 Å². The highest BCUT2D eigenvalue weighted by atomic mass is 32.2. The standard InChI is InChI=1S/C14H31NS/c1-6-8-9-12(7-2)10-13(15)11-16-14(3,4)5/h12-13H,6-11,15H2,1-5H3. The molecule has 0 fully saturated rings. The lowest BCUT2D eigenvalue weighted by Gasteiger charge is -2.23. The van der Waals surface area contributed by atoms with Crippen molar-refractivity contribution in [2.45, 2.75) is 77.5 Å². The largest absolute Gasteiger partial charge is 0.327 e. The van der Waals surface area contributed by atoms with E-state index >= 15 is 0 Å². The van der Waals surface area contributed by atoms with E-state index in [-0.39, 0.29) is 0 Å². The maximum Gasteiger partial charge on any atom is 0.0133 e. The molecular formula is C14H31NS. The van der Waals surface area contributed by atoms with Gasteiger partial charge in [0.1, 0.15) is 0 Å². The van der Waals surface area contributed by atoms with Gasteiger partial charge < -0.3 is 5.73 Å². The summed E-state index contributed by atoms with van der Waals surface area (Å²) < 4.78 is 0.350. The van der Waals surface area contributed by atoms with Gasteiger partial charge in [-0.05, 0) is 12.3 Å². The van der Waals surface area contributed by atoms with Gasteiger partial charge in [-0.2, -0.15) is 11.8 Å². The van der Waals surface area contributed by atoms with Gasteiger partial charge in [0, 0.05) is 16.5 Å². The van der Waals surface area contributed by atoms with Crippen molar-refractivity contribution in [3.63, 3.8) is 0 Å². The second kappa shape index (κ2) is 8.41. The Balaban J connectivity index is 3.77. The van der Waals surface area contributed by atoms with Crippen molar-refractivity contribution in [2.24, 2.45) is 11.7 Å². The Bertz CT molecular complexity index is 163. The molecule has 0 aliphatic rings. The number of rotatable bonds is 8. The van der Waals surface area contributed by atoms with Crippen molar-refractivity contribution in [3.05, 3.63) is 0 Å². The Morgan fingerprint density at radius 2 is 1.81 bits per heavy atom. The van der Waals surface area contributed by atoms with Crippen LogP contribution in [-0.4, -0.2) is 16.5 Å². The van der Waals surface area contributed by atoms with Crippen molar-refractivity contribution in [1.29, 1.82) is 0 Å². The Labute approximate surface area is 107 Å². The first kappa shape index (κ1) is 16.3. The molecule has 0 aliphatic carbocycles. The van der Waals surface area contributed by atoms with E-state index < -0.39 is 0 Å². The van der Waals surface area contributed by atoms with Gasteiger partial charge in [0.05, 0.1) is 0 Å². The fourth-order valence-electron chi connectivity index (χ4n) is 1.83. The van der Waals surface area contributed by atoms with Crippen LogP contribution in [0.15, 0.2) is 0 Å². The van der Waals surface area contributed by atoms with Crippen LogP contribution in [0.2, 0.25) is 0 Å². The molecule has 0 aliphatic heterocycles. The molecule has 0 amide bonds. The van der Waals surface area contributed by atoms with Gasteiger partial charge in [-0.3, -0.25) is 0 Å². The minimum absolute atomic E-state index is 0.350. The van der Waals surface area contributed by atoms with Crippen LogP contribution < -0.4 is 5.73 Å².